The average Bonchev–Trinajstić information content (AvgIpc) is 3.15. The van der Waals surface area contributed by atoms with Crippen molar-refractivity contribution in [3.63, 3.8) is 0 Å². The van der Waals surface area contributed by atoms with E-state index in [0.29, 0.717) is 11.3 Å². The van der Waals surface area contributed by atoms with Gasteiger partial charge in [0.05, 0.1) is 31.0 Å². The lowest BCUT2D eigenvalue weighted by Crippen LogP contribution is -2.15. The summed E-state index contributed by atoms with van der Waals surface area (Å²) in [4.78, 5) is 34.9. The summed E-state index contributed by atoms with van der Waals surface area (Å²) < 4.78 is 36.0. The molecule has 0 unspecified atom stereocenters. The molecule has 0 saturated heterocycles. The first-order valence-electron chi connectivity index (χ1n) is 7.68. The molecule has 13 heteroatoms. The number of anilines is 2. The Morgan fingerprint density at radius 1 is 1.04 bits per heavy atom. The molecule has 0 spiro atoms. The predicted octanol–water partition coefficient (Wildman–Crippen LogP) is 1.26. The molecule has 1 amide bonds. The van der Waals surface area contributed by atoms with Gasteiger partial charge in [-0.25, -0.2) is 9.59 Å². The second-order valence-corrected chi connectivity index (χ2v) is 8.00. The average molecular weight is 428 g/mol. The van der Waals surface area contributed by atoms with E-state index in [-0.39, 0.29) is 34.3 Å². The van der Waals surface area contributed by atoms with E-state index in [9.17, 15) is 22.8 Å². The fourth-order valence-corrected chi connectivity index (χ4v) is 3.89. The molecule has 1 heterocycles. The number of carbonyl (C=O) groups is 3. The fraction of sp³-hybridized carbons (Fsp3) is 0.267. The van der Waals surface area contributed by atoms with Gasteiger partial charge < -0.3 is 14.8 Å². The lowest BCUT2D eigenvalue weighted by Gasteiger charge is -2.09. The summed E-state index contributed by atoms with van der Waals surface area (Å²) in [7, 11) is -1.91. The van der Waals surface area contributed by atoms with Crippen LogP contribution in [0.5, 0.6) is 0 Å². The molecule has 0 aliphatic rings. The third-order valence-electron chi connectivity index (χ3n) is 3.23. The van der Waals surface area contributed by atoms with Crippen LogP contribution in [-0.4, -0.2) is 50.7 Å². The van der Waals surface area contributed by atoms with Crippen molar-refractivity contribution < 1.29 is 32.3 Å². The predicted molar refractivity (Wildman–Crippen MR) is 98.8 cm³/mol. The van der Waals surface area contributed by atoms with E-state index in [1.807, 2.05) is 0 Å². The normalized spacial score (nSPS) is 10.8. The van der Waals surface area contributed by atoms with Crippen LogP contribution in [0.4, 0.5) is 10.8 Å². The maximum absolute atomic E-state index is 12.5. The van der Waals surface area contributed by atoms with Crippen LogP contribution in [0, 0.1) is 0 Å². The Labute approximate surface area is 164 Å². The molecule has 2 rings (SSSR count). The minimum Gasteiger partial charge on any atom is -0.465 e. The van der Waals surface area contributed by atoms with Crippen molar-refractivity contribution in [1.82, 2.24) is 10.2 Å². The van der Waals surface area contributed by atoms with Gasteiger partial charge in [-0.2, -0.15) is 8.42 Å². The van der Waals surface area contributed by atoms with Gasteiger partial charge in [-0.05, 0) is 18.2 Å². The minimum atomic E-state index is -4.19. The number of benzene rings is 1. The van der Waals surface area contributed by atoms with Gasteiger partial charge in [0, 0.05) is 6.42 Å². The van der Waals surface area contributed by atoms with Gasteiger partial charge >= 0.3 is 11.9 Å². The Balaban J connectivity index is 2.36. The number of amides is 1. The molecule has 0 aliphatic heterocycles. The van der Waals surface area contributed by atoms with Gasteiger partial charge in [-0.1, -0.05) is 18.3 Å². The van der Waals surface area contributed by atoms with Gasteiger partial charge in [-0.15, -0.1) is 10.2 Å². The molecule has 0 atom stereocenters. The van der Waals surface area contributed by atoms with Crippen molar-refractivity contribution >= 4 is 50.0 Å². The molecular formula is C15H16N4O7S2. The van der Waals surface area contributed by atoms with E-state index in [2.05, 4.69) is 29.7 Å². The highest BCUT2D eigenvalue weighted by atomic mass is 32.2. The number of methoxy groups -OCH3 is 2. The summed E-state index contributed by atoms with van der Waals surface area (Å²) in [6.07, 6.45) is 0.191. The van der Waals surface area contributed by atoms with Crippen LogP contribution >= 0.6 is 11.3 Å². The molecule has 0 aliphatic carbocycles. The van der Waals surface area contributed by atoms with Gasteiger partial charge in [-0.3, -0.25) is 9.52 Å². The van der Waals surface area contributed by atoms with Gasteiger partial charge in [0.2, 0.25) is 11.0 Å². The van der Waals surface area contributed by atoms with Crippen LogP contribution in [-0.2, 0) is 24.3 Å². The highest BCUT2D eigenvalue weighted by Crippen LogP contribution is 2.24. The molecule has 1 aromatic heterocycles. The number of carbonyl (C=O) groups excluding carboxylic acids is 3. The first-order chi connectivity index (χ1) is 13.2. The largest absolute Gasteiger partial charge is 0.465 e. The van der Waals surface area contributed by atoms with Crippen LogP contribution in [0.2, 0.25) is 0 Å². The van der Waals surface area contributed by atoms with E-state index < -0.39 is 26.3 Å². The molecule has 0 radical (unpaired) electrons. The third-order valence-corrected chi connectivity index (χ3v) is 5.82. The maximum atomic E-state index is 12.5. The molecule has 2 aromatic rings. The zero-order valence-electron chi connectivity index (χ0n) is 15.0. The molecule has 0 fully saturated rings. The maximum Gasteiger partial charge on any atom is 0.337 e. The van der Waals surface area contributed by atoms with Crippen molar-refractivity contribution in [2.75, 3.05) is 24.3 Å². The molecule has 2 N–H and O–H groups in total. The highest BCUT2D eigenvalue weighted by molar-refractivity contribution is 7.94. The minimum absolute atomic E-state index is 0.0192. The Morgan fingerprint density at radius 2 is 1.61 bits per heavy atom. The van der Waals surface area contributed by atoms with Crippen molar-refractivity contribution in [1.29, 1.82) is 0 Å². The number of rotatable bonds is 7. The molecule has 28 heavy (non-hydrogen) atoms. The number of nitrogens with zero attached hydrogens (tertiary/aromatic N) is 2. The Kier molecular flexibility index (Phi) is 6.64. The summed E-state index contributed by atoms with van der Waals surface area (Å²) in [5, 5.41) is 9.56. The van der Waals surface area contributed by atoms with Crippen molar-refractivity contribution in [2.24, 2.45) is 0 Å². The van der Waals surface area contributed by atoms with Gasteiger partial charge in [0.1, 0.15) is 0 Å². The van der Waals surface area contributed by atoms with Crippen molar-refractivity contribution in [3.05, 3.63) is 29.3 Å². The number of ether oxygens (including phenoxy) is 2. The Hall–Kier alpha value is -3.06. The second-order valence-electron chi connectivity index (χ2n) is 5.16. The Bertz CT molecular complexity index is 983. The lowest BCUT2D eigenvalue weighted by atomic mass is 10.1. The molecule has 0 bridgehead atoms. The zero-order chi connectivity index (χ0) is 20.9. The molecule has 0 saturated carbocycles. The van der Waals surface area contributed by atoms with Crippen LogP contribution in [0.1, 0.15) is 34.1 Å². The van der Waals surface area contributed by atoms with E-state index in [1.165, 1.54) is 18.2 Å². The van der Waals surface area contributed by atoms with Crippen LogP contribution in [0.25, 0.3) is 0 Å². The van der Waals surface area contributed by atoms with Crippen LogP contribution in [0.3, 0.4) is 0 Å². The standard InChI is InChI=1S/C15H16N4O7S2/c1-4-11(20)16-14-17-18-15(27-14)28(23,24)19-10-6-8(12(21)25-2)5-9(7-10)13(22)26-3/h5-7,19H,4H2,1-3H3,(H,16,17,20). The van der Waals surface area contributed by atoms with E-state index in [4.69, 9.17) is 0 Å². The van der Waals surface area contributed by atoms with E-state index in [1.54, 1.807) is 6.92 Å². The topological polar surface area (TPSA) is 154 Å². The summed E-state index contributed by atoms with van der Waals surface area (Å²) in [5.41, 5.74) is -0.204. The smallest absolute Gasteiger partial charge is 0.337 e. The number of aromatic nitrogens is 2. The van der Waals surface area contributed by atoms with E-state index in [0.717, 1.165) is 14.2 Å². The van der Waals surface area contributed by atoms with Crippen LogP contribution in [0.15, 0.2) is 22.5 Å². The first-order valence-corrected chi connectivity index (χ1v) is 9.98. The van der Waals surface area contributed by atoms with Gasteiger partial charge in [0.15, 0.2) is 0 Å². The second kappa shape index (κ2) is 8.75. The fourth-order valence-electron chi connectivity index (χ4n) is 1.93. The molecule has 1 aromatic carbocycles. The summed E-state index contributed by atoms with van der Waals surface area (Å²) in [6, 6.07) is 3.59. The van der Waals surface area contributed by atoms with Gasteiger partial charge in [0.25, 0.3) is 14.4 Å². The van der Waals surface area contributed by atoms with E-state index >= 15 is 0 Å². The SMILES string of the molecule is CCC(=O)Nc1nnc(S(=O)(=O)Nc2cc(C(=O)OC)cc(C(=O)OC)c2)s1. The van der Waals surface area contributed by atoms with Crippen molar-refractivity contribution in [3.8, 4) is 0 Å². The number of hydrogen-bond acceptors (Lipinski definition) is 10. The molecule has 11 nitrogen and oxygen atoms in total. The summed E-state index contributed by atoms with van der Waals surface area (Å²) in [6.45, 7) is 1.63. The summed E-state index contributed by atoms with van der Waals surface area (Å²) in [5.74, 6) is -1.89. The third kappa shape index (κ3) is 5.01. The highest BCUT2D eigenvalue weighted by Gasteiger charge is 2.23. The number of hydrogen-bond donors (Lipinski definition) is 2. The van der Waals surface area contributed by atoms with Crippen LogP contribution < -0.4 is 10.0 Å². The summed E-state index contributed by atoms with van der Waals surface area (Å²) >= 11 is 0.645. The number of esters is 2. The lowest BCUT2D eigenvalue weighted by molar-refractivity contribution is -0.115. The molecule has 150 valence electrons. The monoisotopic (exact) mass is 428 g/mol. The number of sulfonamides is 1. The van der Waals surface area contributed by atoms with Crippen molar-refractivity contribution in [2.45, 2.75) is 17.7 Å². The Morgan fingerprint density at radius 3 is 2.11 bits per heavy atom. The quantitative estimate of drug-likeness (QED) is 0.490. The zero-order valence-corrected chi connectivity index (χ0v) is 16.6. The first kappa shape index (κ1) is 21.2. The number of nitrogens with one attached hydrogen (secondary N) is 2. The molecular weight excluding hydrogens is 412 g/mol.